The van der Waals surface area contributed by atoms with Crippen molar-refractivity contribution in [3.63, 3.8) is 0 Å². The SMILES string of the molecule is CN1CCc2c(ncnc2CN2CCCCC2)C1. The monoisotopic (exact) mass is 246 g/mol. The molecular formula is C14H22N4. The molecule has 0 aromatic carbocycles. The van der Waals surface area contributed by atoms with Gasteiger partial charge < -0.3 is 4.90 Å². The fraction of sp³-hybridized carbons (Fsp3) is 0.714. The summed E-state index contributed by atoms with van der Waals surface area (Å²) in [6.07, 6.45) is 6.93. The first-order chi connectivity index (χ1) is 8.83. The maximum Gasteiger partial charge on any atom is 0.116 e. The van der Waals surface area contributed by atoms with E-state index in [2.05, 4.69) is 26.8 Å². The van der Waals surface area contributed by atoms with E-state index in [-0.39, 0.29) is 0 Å². The van der Waals surface area contributed by atoms with Gasteiger partial charge in [0.1, 0.15) is 6.33 Å². The van der Waals surface area contributed by atoms with Gasteiger partial charge in [0.15, 0.2) is 0 Å². The van der Waals surface area contributed by atoms with Gasteiger partial charge in [-0.1, -0.05) is 6.42 Å². The Hall–Kier alpha value is -1.00. The molecule has 1 fully saturated rings. The van der Waals surface area contributed by atoms with Crippen LogP contribution in [-0.4, -0.2) is 46.4 Å². The highest BCUT2D eigenvalue weighted by Gasteiger charge is 2.20. The number of fused-ring (bicyclic) bond motifs is 1. The maximum absolute atomic E-state index is 4.54. The molecule has 98 valence electrons. The summed E-state index contributed by atoms with van der Waals surface area (Å²) >= 11 is 0. The number of likely N-dealkylation sites (tertiary alicyclic amines) is 1. The zero-order valence-corrected chi connectivity index (χ0v) is 11.2. The van der Waals surface area contributed by atoms with E-state index in [1.54, 1.807) is 6.33 Å². The molecule has 3 heterocycles. The van der Waals surface area contributed by atoms with Crippen molar-refractivity contribution < 1.29 is 0 Å². The first-order valence-corrected chi connectivity index (χ1v) is 7.05. The molecule has 2 aliphatic rings. The van der Waals surface area contributed by atoms with Crippen molar-refractivity contribution in [2.24, 2.45) is 0 Å². The lowest BCUT2D eigenvalue weighted by molar-refractivity contribution is 0.216. The van der Waals surface area contributed by atoms with Crippen LogP contribution in [0.1, 0.15) is 36.2 Å². The number of hydrogen-bond acceptors (Lipinski definition) is 4. The molecular weight excluding hydrogens is 224 g/mol. The minimum atomic E-state index is 0.977. The Balaban J connectivity index is 1.77. The van der Waals surface area contributed by atoms with E-state index in [0.29, 0.717) is 0 Å². The predicted octanol–water partition coefficient (Wildman–Crippen LogP) is 1.45. The third kappa shape index (κ3) is 2.54. The Morgan fingerprint density at radius 3 is 2.78 bits per heavy atom. The van der Waals surface area contributed by atoms with Crippen LogP contribution in [0, 0.1) is 0 Å². The molecule has 4 nitrogen and oxygen atoms in total. The van der Waals surface area contributed by atoms with Gasteiger partial charge in [-0.15, -0.1) is 0 Å². The lowest BCUT2D eigenvalue weighted by atomic mass is 10.0. The average Bonchev–Trinajstić information content (AvgIpc) is 2.40. The van der Waals surface area contributed by atoms with E-state index in [9.17, 15) is 0 Å². The summed E-state index contributed by atoms with van der Waals surface area (Å²) in [5.41, 5.74) is 3.93. The maximum atomic E-state index is 4.54. The van der Waals surface area contributed by atoms with Gasteiger partial charge in [-0.05, 0) is 45.0 Å². The van der Waals surface area contributed by atoms with Crippen LogP contribution in [-0.2, 0) is 19.5 Å². The molecule has 0 saturated carbocycles. The Kier molecular flexibility index (Phi) is 3.57. The second-order valence-electron chi connectivity index (χ2n) is 5.57. The summed E-state index contributed by atoms with van der Waals surface area (Å²) in [5, 5.41) is 0. The molecule has 0 atom stereocenters. The third-order valence-electron chi connectivity index (χ3n) is 4.11. The number of nitrogens with zero attached hydrogens (tertiary/aromatic N) is 4. The van der Waals surface area contributed by atoms with Crippen molar-refractivity contribution in [2.75, 3.05) is 26.7 Å². The second-order valence-corrected chi connectivity index (χ2v) is 5.57. The number of piperidine rings is 1. The van der Waals surface area contributed by atoms with E-state index in [1.807, 2.05) is 0 Å². The van der Waals surface area contributed by atoms with E-state index in [4.69, 9.17) is 0 Å². The van der Waals surface area contributed by atoms with Gasteiger partial charge in [0.25, 0.3) is 0 Å². The summed E-state index contributed by atoms with van der Waals surface area (Å²) in [5.74, 6) is 0. The zero-order chi connectivity index (χ0) is 12.4. The quantitative estimate of drug-likeness (QED) is 0.790. The molecule has 3 rings (SSSR count). The molecule has 0 spiro atoms. The highest BCUT2D eigenvalue weighted by Crippen LogP contribution is 2.20. The Morgan fingerprint density at radius 1 is 1.11 bits per heavy atom. The fourth-order valence-electron chi connectivity index (χ4n) is 3.02. The predicted molar refractivity (Wildman–Crippen MR) is 71.2 cm³/mol. The Labute approximate surface area is 109 Å². The van der Waals surface area contributed by atoms with Crippen LogP contribution in [0.15, 0.2) is 6.33 Å². The summed E-state index contributed by atoms with van der Waals surface area (Å²) in [6.45, 7) is 5.60. The van der Waals surface area contributed by atoms with Gasteiger partial charge in [0, 0.05) is 19.6 Å². The highest BCUT2D eigenvalue weighted by molar-refractivity contribution is 5.27. The highest BCUT2D eigenvalue weighted by atomic mass is 15.1. The summed E-state index contributed by atoms with van der Waals surface area (Å²) in [7, 11) is 2.16. The molecule has 2 aliphatic heterocycles. The van der Waals surface area contributed by atoms with Gasteiger partial charge in [0.2, 0.25) is 0 Å². The van der Waals surface area contributed by atoms with Crippen LogP contribution in [0.4, 0.5) is 0 Å². The topological polar surface area (TPSA) is 32.3 Å². The smallest absolute Gasteiger partial charge is 0.116 e. The lowest BCUT2D eigenvalue weighted by Gasteiger charge is -2.29. The minimum absolute atomic E-state index is 0.977. The standard InChI is InChI=1S/C14H22N4/c1-17-8-5-12-13(9-17)15-11-16-14(12)10-18-6-3-2-4-7-18/h11H,2-10H2,1H3. The van der Waals surface area contributed by atoms with Gasteiger partial charge in [-0.2, -0.15) is 0 Å². The molecule has 0 bridgehead atoms. The number of likely N-dealkylation sites (N-methyl/N-ethyl adjacent to an activating group) is 1. The van der Waals surface area contributed by atoms with Gasteiger partial charge in [-0.25, -0.2) is 9.97 Å². The molecule has 0 radical (unpaired) electrons. The fourth-order valence-corrected chi connectivity index (χ4v) is 3.02. The Morgan fingerprint density at radius 2 is 1.94 bits per heavy atom. The third-order valence-corrected chi connectivity index (χ3v) is 4.11. The molecule has 0 unspecified atom stereocenters. The number of hydrogen-bond donors (Lipinski definition) is 0. The summed E-state index contributed by atoms with van der Waals surface area (Å²) in [6, 6.07) is 0. The molecule has 1 saturated heterocycles. The molecule has 0 aliphatic carbocycles. The molecule has 1 aromatic heterocycles. The van der Waals surface area contributed by atoms with Crippen molar-refractivity contribution in [3.05, 3.63) is 23.3 Å². The molecule has 4 heteroatoms. The van der Waals surface area contributed by atoms with Gasteiger partial charge in [0.05, 0.1) is 11.4 Å². The van der Waals surface area contributed by atoms with Gasteiger partial charge in [-0.3, -0.25) is 4.90 Å². The minimum Gasteiger partial charge on any atom is -0.300 e. The van der Waals surface area contributed by atoms with Crippen molar-refractivity contribution in [3.8, 4) is 0 Å². The van der Waals surface area contributed by atoms with Crippen LogP contribution in [0.2, 0.25) is 0 Å². The van der Waals surface area contributed by atoms with Crippen LogP contribution in [0.5, 0.6) is 0 Å². The van der Waals surface area contributed by atoms with Crippen molar-refractivity contribution in [1.82, 2.24) is 19.8 Å². The summed E-state index contributed by atoms with van der Waals surface area (Å²) in [4.78, 5) is 13.9. The Bertz CT molecular complexity index is 412. The van der Waals surface area contributed by atoms with Crippen LogP contribution in [0.3, 0.4) is 0 Å². The number of rotatable bonds is 2. The first kappa shape index (κ1) is 12.1. The molecule has 0 amide bonds. The molecule has 18 heavy (non-hydrogen) atoms. The van der Waals surface area contributed by atoms with Crippen molar-refractivity contribution in [1.29, 1.82) is 0 Å². The zero-order valence-electron chi connectivity index (χ0n) is 11.2. The number of aromatic nitrogens is 2. The van der Waals surface area contributed by atoms with Crippen LogP contribution >= 0.6 is 0 Å². The normalized spacial score (nSPS) is 21.8. The van der Waals surface area contributed by atoms with E-state index in [1.165, 1.54) is 49.3 Å². The lowest BCUT2D eigenvalue weighted by Crippen LogP contribution is -2.32. The largest absolute Gasteiger partial charge is 0.300 e. The van der Waals surface area contributed by atoms with E-state index in [0.717, 1.165) is 26.1 Å². The van der Waals surface area contributed by atoms with Gasteiger partial charge >= 0.3 is 0 Å². The average molecular weight is 246 g/mol. The van der Waals surface area contributed by atoms with Crippen molar-refractivity contribution in [2.45, 2.75) is 38.8 Å². The van der Waals surface area contributed by atoms with E-state index >= 15 is 0 Å². The van der Waals surface area contributed by atoms with E-state index < -0.39 is 0 Å². The second kappa shape index (κ2) is 5.33. The van der Waals surface area contributed by atoms with Crippen LogP contribution < -0.4 is 0 Å². The molecule has 1 aromatic rings. The molecule has 0 N–H and O–H groups in total. The van der Waals surface area contributed by atoms with Crippen molar-refractivity contribution >= 4 is 0 Å². The first-order valence-electron chi connectivity index (χ1n) is 7.05. The summed E-state index contributed by atoms with van der Waals surface area (Å²) < 4.78 is 0. The van der Waals surface area contributed by atoms with Crippen LogP contribution in [0.25, 0.3) is 0 Å².